The summed E-state index contributed by atoms with van der Waals surface area (Å²) in [6.45, 7) is 9.75. The minimum atomic E-state index is -0.911. The lowest BCUT2D eigenvalue weighted by atomic mass is 9.97. The first-order valence-electron chi connectivity index (χ1n) is 18.6. The number of urea groups is 1. The molecule has 2 N–H and O–H groups in total. The molecule has 2 aliphatic rings. The summed E-state index contributed by atoms with van der Waals surface area (Å²) < 4.78 is 11.0. The van der Waals surface area contributed by atoms with Crippen molar-refractivity contribution in [1.29, 1.82) is 0 Å². The molecule has 3 heterocycles. The lowest BCUT2D eigenvalue weighted by Crippen LogP contribution is -2.72. The lowest BCUT2D eigenvalue weighted by molar-refractivity contribution is -0.167. The Morgan fingerprint density at radius 2 is 1.64 bits per heavy atom. The number of esters is 1. The molecule has 2 fully saturated rings. The van der Waals surface area contributed by atoms with Crippen molar-refractivity contribution in [3.8, 4) is 5.75 Å². The van der Waals surface area contributed by atoms with Gasteiger partial charge in [-0.05, 0) is 61.6 Å². The molecule has 2 aliphatic heterocycles. The van der Waals surface area contributed by atoms with Crippen LogP contribution in [0.1, 0.15) is 57.7 Å². The molecule has 2 saturated heterocycles. The molecule has 0 aliphatic carbocycles. The van der Waals surface area contributed by atoms with Crippen molar-refractivity contribution < 1.29 is 33.4 Å². The van der Waals surface area contributed by atoms with Crippen molar-refractivity contribution >= 4 is 40.8 Å². The number of para-hydroxylation sites is 1. The zero-order valence-corrected chi connectivity index (χ0v) is 31.9. The molecule has 13 nitrogen and oxygen atoms in total. The summed E-state index contributed by atoms with van der Waals surface area (Å²) in [5.74, 6) is -1.04. The summed E-state index contributed by atoms with van der Waals surface area (Å²) in [5.41, 5.74) is 2.56. The average Bonchev–Trinajstić information content (AvgIpc) is 3.15. The first kappa shape index (κ1) is 38.7. The monoisotopic (exact) mass is 748 g/mol. The highest BCUT2D eigenvalue weighted by molar-refractivity contribution is 5.92. The number of carbonyl (C=O) groups excluding carboxylic acids is 5. The maximum Gasteiger partial charge on any atom is 0.413 e. The number of nitrogens with one attached hydrogen (secondary N) is 2. The van der Waals surface area contributed by atoms with E-state index >= 15 is 0 Å². The number of carbonyl (C=O) groups is 5. The Balaban J connectivity index is 1.22. The van der Waals surface area contributed by atoms with E-state index in [2.05, 4.69) is 15.6 Å². The number of hydrogen-bond donors (Lipinski definition) is 2. The summed E-state index contributed by atoms with van der Waals surface area (Å²) in [4.78, 5) is 76.9. The molecule has 4 aromatic rings. The number of rotatable bonds is 10. The van der Waals surface area contributed by atoms with Gasteiger partial charge in [0.25, 0.3) is 0 Å². The van der Waals surface area contributed by atoms with Crippen LogP contribution in [-0.2, 0) is 38.6 Å². The second-order valence-electron chi connectivity index (χ2n) is 15.2. The predicted molar refractivity (Wildman–Crippen MR) is 205 cm³/mol. The first-order chi connectivity index (χ1) is 26.3. The van der Waals surface area contributed by atoms with Gasteiger partial charge in [0.1, 0.15) is 29.6 Å². The number of ether oxygens (including phenoxy) is 2. The fourth-order valence-corrected chi connectivity index (χ4v) is 6.98. The number of fused-ring (bicyclic) bond motifs is 2. The first-order valence-corrected chi connectivity index (χ1v) is 18.6. The van der Waals surface area contributed by atoms with Gasteiger partial charge in [0.2, 0.25) is 11.8 Å². The van der Waals surface area contributed by atoms with E-state index in [1.165, 1.54) is 0 Å². The SMILES string of the molecule is CC(C)C(NC(=O)Oc1ccc(C[C@H]2C(=O)N(Cc3cccc4cccnc34)CC3N(C(=O)NCc4ccccc4)CCC(=O)N32)cc1)C(=O)OC(C)(C)C. The standard InChI is InChI=1S/C42H48N6O7/c1-27(2)36(39(51)55-42(3,4)5)45-41(53)54-32-18-16-28(17-19-32)23-33-38(50)46(25-31-14-9-13-30-15-10-21-43-37(30)31)26-34-47(22-20-35(49)48(33)34)40(52)44-24-29-11-7-6-8-12-29/h6-19,21,27,33-34,36H,20,22-26H2,1-5H3,(H,44,52)(H,45,53)/t33-,34?,36?/m0/s1. The maximum atomic E-state index is 14.4. The van der Waals surface area contributed by atoms with Gasteiger partial charge >= 0.3 is 18.1 Å². The fraction of sp³-hybridized carbons (Fsp3) is 0.381. The quantitative estimate of drug-likeness (QED) is 0.205. The van der Waals surface area contributed by atoms with Crippen LogP contribution in [0.15, 0.2) is 91.1 Å². The molecule has 6 rings (SSSR count). The normalized spacial score (nSPS) is 17.8. The second-order valence-corrected chi connectivity index (χ2v) is 15.2. The minimum Gasteiger partial charge on any atom is -0.458 e. The van der Waals surface area contributed by atoms with Gasteiger partial charge in [-0.15, -0.1) is 0 Å². The Morgan fingerprint density at radius 3 is 2.35 bits per heavy atom. The van der Waals surface area contributed by atoms with Crippen LogP contribution in [0, 0.1) is 5.92 Å². The van der Waals surface area contributed by atoms with Gasteiger partial charge < -0.3 is 34.8 Å². The number of amides is 5. The molecule has 2 unspecified atom stereocenters. The molecule has 3 atom stereocenters. The van der Waals surface area contributed by atoms with Crippen LogP contribution in [0.3, 0.4) is 0 Å². The van der Waals surface area contributed by atoms with E-state index in [4.69, 9.17) is 9.47 Å². The number of hydrogen-bond acceptors (Lipinski definition) is 8. The number of pyridine rings is 1. The van der Waals surface area contributed by atoms with E-state index in [1.54, 1.807) is 79.8 Å². The molecule has 0 radical (unpaired) electrons. The van der Waals surface area contributed by atoms with E-state index in [1.807, 2.05) is 60.7 Å². The zero-order valence-electron chi connectivity index (χ0n) is 31.9. The van der Waals surface area contributed by atoms with Crippen LogP contribution in [0.2, 0.25) is 0 Å². The molecule has 0 bridgehead atoms. The zero-order chi connectivity index (χ0) is 39.3. The highest BCUT2D eigenvalue weighted by Gasteiger charge is 2.48. The smallest absolute Gasteiger partial charge is 0.413 e. The molecular formula is C42H48N6O7. The lowest BCUT2D eigenvalue weighted by Gasteiger charge is -2.52. The van der Waals surface area contributed by atoms with E-state index < -0.39 is 35.9 Å². The van der Waals surface area contributed by atoms with Crippen molar-refractivity contribution in [3.63, 3.8) is 0 Å². The summed E-state index contributed by atoms with van der Waals surface area (Å²) in [5, 5.41) is 6.55. The van der Waals surface area contributed by atoms with Gasteiger partial charge in [0.15, 0.2) is 0 Å². The third-order valence-corrected chi connectivity index (χ3v) is 9.64. The molecule has 288 valence electrons. The molecule has 3 aromatic carbocycles. The molecule has 13 heteroatoms. The Hall–Kier alpha value is -5.98. The molecule has 5 amide bonds. The predicted octanol–water partition coefficient (Wildman–Crippen LogP) is 5.41. The van der Waals surface area contributed by atoms with E-state index in [9.17, 15) is 24.0 Å². The third kappa shape index (κ3) is 9.40. The summed E-state index contributed by atoms with van der Waals surface area (Å²) >= 11 is 0. The Labute approximate surface area is 321 Å². The number of benzene rings is 3. The molecule has 0 spiro atoms. The highest BCUT2D eigenvalue weighted by atomic mass is 16.6. The van der Waals surface area contributed by atoms with Crippen LogP contribution in [0.4, 0.5) is 9.59 Å². The second kappa shape index (κ2) is 16.6. The van der Waals surface area contributed by atoms with Crippen LogP contribution in [0.25, 0.3) is 10.9 Å². The summed E-state index contributed by atoms with van der Waals surface area (Å²) in [7, 11) is 0. The van der Waals surface area contributed by atoms with Crippen LogP contribution < -0.4 is 15.4 Å². The van der Waals surface area contributed by atoms with Gasteiger partial charge in [-0.25, -0.2) is 14.4 Å². The van der Waals surface area contributed by atoms with Gasteiger partial charge in [-0.3, -0.25) is 14.6 Å². The number of aromatic nitrogens is 1. The van der Waals surface area contributed by atoms with Gasteiger partial charge in [-0.1, -0.05) is 80.6 Å². The van der Waals surface area contributed by atoms with Crippen LogP contribution >= 0.6 is 0 Å². The summed E-state index contributed by atoms with van der Waals surface area (Å²) in [6, 6.07) is 23.7. The van der Waals surface area contributed by atoms with Crippen molar-refractivity contribution in [2.24, 2.45) is 5.92 Å². The molecular weight excluding hydrogens is 700 g/mol. The largest absolute Gasteiger partial charge is 0.458 e. The Bertz CT molecular complexity index is 2030. The van der Waals surface area contributed by atoms with Crippen molar-refractivity contribution in [2.75, 3.05) is 13.1 Å². The van der Waals surface area contributed by atoms with Crippen LogP contribution in [0.5, 0.6) is 5.75 Å². The van der Waals surface area contributed by atoms with E-state index in [-0.39, 0.29) is 62.0 Å². The van der Waals surface area contributed by atoms with E-state index in [0.29, 0.717) is 12.1 Å². The van der Waals surface area contributed by atoms with Crippen molar-refractivity contribution in [3.05, 3.63) is 108 Å². The maximum absolute atomic E-state index is 14.4. The Kier molecular flexibility index (Phi) is 11.7. The number of piperazine rings is 1. The highest BCUT2D eigenvalue weighted by Crippen LogP contribution is 2.30. The summed E-state index contributed by atoms with van der Waals surface area (Å²) in [6.07, 6.45) is 0.437. The molecule has 1 aromatic heterocycles. The molecule has 55 heavy (non-hydrogen) atoms. The number of nitrogens with zero attached hydrogens (tertiary/aromatic N) is 4. The minimum absolute atomic E-state index is 0.0782. The average molecular weight is 749 g/mol. The van der Waals surface area contributed by atoms with Crippen molar-refractivity contribution in [1.82, 2.24) is 30.3 Å². The van der Waals surface area contributed by atoms with Gasteiger partial charge in [0, 0.05) is 44.1 Å². The van der Waals surface area contributed by atoms with E-state index in [0.717, 1.165) is 22.0 Å². The van der Waals surface area contributed by atoms with Gasteiger partial charge in [0.05, 0.1) is 12.1 Å². The topological polar surface area (TPSA) is 150 Å². The molecule has 0 saturated carbocycles. The van der Waals surface area contributed by atoms with Crippen LogP contribution in [-0.4, -0.2) is 86.5 Å². The third-order valence-electron chi connectivity index (χ3n) is 9.64. The Morgan fingerprint density at radius 1 is 0.909 bits per heavy atom. The van der Waals surface area contributed by atoms with Crippen molar-refractivity contribution in [2.45, 2.75) is 84.4 Å². The van der Waals surface area contributed by atoms with Gasteiger partial charge in [-0.2, -0.15) is 0 Å². The fourth-order valence-electron chi connectivity index (χ4n) is 6.98.